The summed E-state index contributed by atoms with van der Waals surface area (Å²) in [6.07, 6.45) is 11.4. The molecule has 0 bridgehead atoms. The van der Waals surface area contributed by atoms with Gasteiger partial charge in [-0.15, -0.1) is 0 Å². The van der Waals surface area contributed by atoms with E-state index in [4.69, 9.17) is 0 Å². The van der Waals surface area contributed by atoms with E-state index in [0.717, 1.165) is 67.6 Å². The van der Waals surface area contributed by atoms with Crippen molar-refractivity contribution in [3.63, 3.8) is 0 Å². The van der Waals surface area contributed by atoms with Gasteiger partial charge in [0.05, 0.1) is 5.56 Å². The normalized spacial score (nSPS) is 10.6. The lowest BCUT2D eigenvalue weighted by Gasteiger charge is -2.06. The molecule has 0 saturated carbocycles. The van der Waals surface area contributed by atoms with Gasteiger partial charge in [-0.2, -0.15) is 0 Å². The van der Waals surface area contributed by atoms with Crippen molar-refractivity contribution in [2.75, 3.05) is 0 Å². The van der Waals surface area contributed by atoms with Crippen LogP contribution in [0.5, 0.6) is 0 Å². The van der Waals surface area contributed by atoms with Crippen LogP contribution in [0.4, 0.5) is 0 Å². The highest BCUT2D eigenvalue weighted by Gasteiger charge is 2.10. The summed E-state index contributed by atoms with van der Waals surface area (Å²) >= 11 is 0. The van der Waals surface area contributed by atoms with Crippen LogP contribution in [0.25, 0.3) is 32.3 Å². The van der Waals surface area contributed by atoms with E-state index in [-0.39, 0.29) is 5.56 Å². The summed E-state index contributed by atoms with van der Waals surface area (Å²) in [4.78, 5) is 11.8. The molecule has 1 N–H and O–H groups in total. The number of hydrogen-bond donors (Lipinski definition) is 1. The van der Waals surface area contributed by atoms with Crippen molar-refractivity contribution in [1.29, 1.82) is 0 Å². The predicted molar refractivity (Wildman–Crippen MR) is 205 cm³/mol. The van der Waals surface area contributed by atoms with Gasteiger partial charge in [-0.3, -0.25) is 0 Å². The number of fused-ring (bicyclic) bond motifs is 3. The Morgan fingerprint density at radius 3 is 1.22 bits per heavy atom. The van der Waals surface area contributed by atoms with E-state index in [1.165, 1.54) is 44.9 Å². The highest BCUT2D eigenvalue weighted by Crippen LogP contribution is 2.26. The molecule has 0 aromatic heterocycles. The van der Waals surface area contributed by atoms with Crippen molar-refractivity contribution in [3.8, 4) is 35.5 Å². The van der Waals surface area contributed by atoms with Crippen LogP contribution in [0.3, 0.4) is 0 Å². The Balaban J connectivity index is 1.23. The van der Waals surface area contributed by atoms with Gasteiger partial charge in [0.25, 0.3) is 0 Å². The van der Waals surface area contributed by atoms with E-state index in [9.17, 15) is 9.90 Å². The molecule has 0 fully saturated rings. The molecule has 0 radical (unpaired) electrons. The van der Waals surface area contributed by atoms with Crippen LogP contribution >= 0.6 is 0 Å². The zero-order valence-corrected chi connectivity index (χ0v) is 28.1. The lowest BCUT2D eigenvalue weighted by molar-refractivity contribution is 0.0699. The van der Waals surface area contributed by atoms with Gasteiger partial charge in [-0.05, 0) is 75.1 Å². The monoisotopic (exact) mass is 636 g/mol. The van der Waals surface area contributed by atoms with Crippen LogP contribution in [0.15, 0.2) is 109 Å². The molecule has 2 nitrogen and oxygen atoms in total. The Morgan fingerprint density at radius 2 is 0.796 bits per heavy atom. The fraction of sp³-hybridized carbons (Fsp3) is 0.213. The van der Waals surface area contributed by atoms with Gasteiger partial charge < -0.3 is 5.11 Å². The highest BCUT2D eigenvalue weighted by atomic mass is 16.4. The van der Waals surface area contributed by atoms with Crippen LogP contribution in [-0.4, -0.2) is 11.1 Å². The largest absolute Gasteiger partial charge is 0.478 e. The summed E-state index contributed by atoms with van der Waals surface area (Å²) in [6, 6.07) is 35.8. The molecule has 0 aliphatic heterocycles. The second kappa shape index (κ2) is 16.4. The van der Waals surface area contributed by atoms with Gasteiger partial charge in [0.15, 0.2) is 0 Å². The topological polar surface area (TPSA) is 37.3 Å². The molecule has 0 aliphatic rings. The van der Waals surface area contributed by atoms with Gasteiger partial charge >= 0.3 is 5.97 Å². The Labute approximate surface area is 290 Å². The van der Waals surface area contributed by atoms with Gasteiger partial charge in [0.2, 0.25) is 0 Å². The first-order valence-corrected chi connectivity index (χ1v) is 17.5. The number of carboxylic acid groups (broad SMARTS) is 1. The van der Waals surface area contributed by atoms with Gasteiger partial charge in [0.1, 0.15) is 0 Å². The maximum Gasteiger partial charge on any atom is 0.336 e. The van der Waals surface area contributed by atoms with E-state index in [2.05, 4.69) is 91.0 Å². The molecule has 0 saturated heterocycles. The van der Waals surface area contributed by atoms with Gasteiger partial charge in [-0.25, -0.2) is 4.79 Å². The van der Waals surface area contributed by atoms with E-state index in [0.29, 0.717) is 5.39 Å². The minimum absolute atomic E-state index is 0.277. The zero-order chi connectivity index (χ0) is 33.8. The molecule has 0 heterocycles. The van der Waals surface area contributed by atoms with Crippen molar-refractivity contribution in [2.24, 2.45) is 0 Å². The molecule has 0 spiro atoms. The van der Waals surface area contributed by atoms with Crippen molar-refractivity contribution >= 4 is 38.3 Å². The minimum Gasteiger partial charge on any atom is -0.478 e. The molecule has 240 valence electrons. The minimum atomic E-state index is -0.944. The number of benzene rings is 6. The number of aromatic carboxylic acids is 1. The summed E-state index contributed by atoms with van der Waals surface area (Å²) in [5.41, 5.74) is 4.94. The molecular formula is C47H40O2. The quantitative estimate of drug-likeness (QED) is 0.127. The van der Waals surface area contributed by atoms with Gasteiger partial charge in [0, 0.05) is 34.2 Å². The smallest absolute Gasteiger partial charge is 0.336 e. The first-order valence-electron chi connectivity index (χ1n) is 17.5. The molecule has 2 heteroatoms. The molecule has 0 unspecified atom stereocenters. The maximum atomic E-state index is 11.8. The summed E-state index contributed by atoms with van der Waals surface area (Å²) in [5.74, 6) is 19.5. The molecule has 0 amide bonds. The number of carbonyl (C=O) groups is 1. The average molecular weight is 637 g/mol. The number of hydrogen-bond acceptors (Lipinski definition) is 1. The fourth-order valence-corrected chi connectivity index (χ4v) is 6.40. The summed E-state index contributed by atoms with van der Waals surface area (Å²) in [7, 11) is 0. The summed E-state index contributed by atoms with van der Waals surface area (Å²) in [5, 5.41) is 15.5. The van der Waals surface area contributed by atoms with Crippen LogP contribution in [-0.2, 0) is 0 Å². The Bertz CT molecular complexity index is 2330. The Kier molecular flexibility index (Phi) is 11.1. The van der Waals surface area contributed by atoms with E-state index < -0.39 is 5.97 Å². The first-order chi connectivity index (χ1) is 24.1. The third-order valence-electron chi connectivity index (χ3n) is 9.04. The molecule has 6 aromatic rings. The Morgan fingerprint density at radius 1 is 0.449 bits per heavy atom. The van der Waals surface area contributed by atoms with Gasteiger partial charge in [-0.1, -0.05) is 160 Å². The standard InChI is InChI=1S/C47H40O2/c1-2-3-4-5-6-7-8-9-10-11-18-35-25-26-36(41-20-13-12-19-40(35)41)27-28-37-29-30-38(43-22-15-14-21-42(37)43)31-32-39-33-34-46(47(48)49)45-24-17-16-23-44(39)45/h12-17,19-26,29-30,33-34H,2-10H2,1H3,(H,48,49). The molecular weight excluding hydrogens is 597 g/mol. The van der Waals surface area contributed by atoms with Crippen molar-refractivity contribution < 1.29 is 9.90 Å². The summed E-state index contributed by atoms with van der Waals surface area (Å²) in [6.45, 7) is 2.26. The van der Waals surface area contributed by atoms with Crippen LogP contribution < -0.4 is 0 Å². The zero-order valence-electron chi connectivity index (χ0n) is 28.1. The second-order valence-corrected chi connectivity index (χ2v) is 12.5. The van der Waals surface area contributed by atoms with E-state index in [1.807, 2.05) is 48.5 Å². The van der Waals surface area contributed by atoms with Crippen molar-refractivity contribution in [3.05, 3.63) is 143 Å². The van der Waals surface area contributed by atoms with E-state index >= 15 is 0 Å². The number of unbranched alkanes of at least 4 members (excludes halogenated alkanes) is 8. The molecule has 0 atom stereocenters. The van der Waals surface area contributed by atoms with Crippen molar-refractivity contribution in [1.82, 2.24) is 0 Å². The third-order valence-corrected chi connectivity index (χ3v) is 9.04. The third kappa shape index (κ3) is 8.04. The lowest BCUT2D eigenvalue weighted by atomic mass is 9.97. The molecule has 6 rings (SSSR count). The second-order valence-electron chi connectivity index (χ2n) is 12.5. The first kappa shape index (κ1) is 33.2. The summed E-state index contributed by atoms with van der Waals surface area (Å²) < 4.78 is 0. The van der Waals surface area contributed by atoms with Crippen LogP contribution in [0.2, 0.25) is 0 Å². The number of rotatable bonds is 9. The van der Waals surface area contributed by atoms with Crippen molar-refractivity contribution in [2.45, 2.75) is 64.7 Å². The molecule has 49 heavy (non-hydrogen) atoms. The highest BCUT2D eigenvalue weighted by molar-refractivity contribution is 6.05. The van der Waals surface area contributed by atoms with Crippen LogP contribution in [0.1, 0.15) is 103 Å². The van der Waals surface area contributed by atoms with E-state index in [1.54, 1.807) is 12.1 Å². The van der Waals surface area contributed by atoms with Crippen LogP contribution in [0, 0.1) is 35.5 Å². The lowest BCUT2D eigenvalue weighted by Crippen LogP contribution is -1.98. The maximum absolute atomic E-state index is 11.8. The molecule has 0 aliphatic carbocycles. The predicted octanol–water partition coefficient (Wildman–Crippen LogP) is 11.5. The SMILES string of the molecule is CCCCCCCCCCC#Cc1ccc(C#Cc2ccc(C#Cc3ccc(C(=O)O)c4ccccc34)c3ccccc23)c2ccccc12. The fourth-order valence-electron chi connectivity index (χ4n) is 6.40. The average Bonchev–Trinajstić information content (AvgIpc) is 3.14. The molecule has 6 aromatic carbocycles. The Hall–Kier alpha value is -5.75. The number of carboxylic acids is 1.